The lowest BCUT2D eigenvalue weighted by Crippen LogP contribution is -2.17. The molecular weight excluding hydrogens is 190 g/mol. The zero-order valence-electron chi connectivity index (χ0n) is 9.32. The monoisotopic (exact) mass is 209 g/mol. The summed E-state index contributed by atoms with van der Waals surface area (Å²) in [5.41, 5.74) is 0. The van der Waals surface area contributed by atoms with Gasteiger partial charge in [-0.15, -0.1) is 10.2 Å². The Labute approximate surface area is 90.3 Å². The summed E-state index contributed by atoms with van der Waals surface area (Å²) in [4.78, 5) is 0. The Morgan fingerprint density at radius 2 is 2.07 bits per heavy atom. The van der Waals surface area contributed by atoms with E-state index in [9.17, 15) is 0 Å². The van der Waals surface area contributed by atoms with Crippen LogP contribution in [0.25, 0.3) is 0 Å². The van der Waals surface area contributed by atoms with Crippen molar-refractivity contribution < 1.29 is 5.11 Å². The van der Waals surface area contributed by atoms with E-state index in [2.05, 4.69) is 21.7 Å². The maximum absolute atomic E-state index is 9.14. The van der Waals surface area contributed by atoms with Gasteiger partial charge in [-0.2, -0.15) is 0 Å². The molecule has 1 aliphatic carbocycles. The van der Waals surface area contributed by atoms with Gasteiger partial charge >= 0.3 is 0 Å². The summed E-state index contributed by atoms with van der Waals surface area (Å²) >= 11 is 0. The normalized spacial score (nSPS) is 16.7. The fraction of sp³-hybridized carbons (Fsp3) is 0.818. The minimum Gasteiger partial charge on any atom is -0.388 e. The fourth-order valence-electron chi connectivity index (χ4n) is 2.08. The molecule has 0 spiro atoms. The summed E-state index contributed by atoms with van der Waals surface area (Å²) in [6.07, 6.45) is 6.11. The number of aromatic nitrogens is 3. The lowest BCUT2D eigenvalue weighted by Gasteiger charge is -2.24. The van der Waals surface area contributed by atoms with E-state index in [-0.39, 0.29) is 6.61 Å². The van der Waals surface area contributed by atoms with Gasteiger partial charge in [0.15, 0.2) is 5.82 Å². The van der Waals surface area contributed by atoms with Gasteiger partial charge in [0.05, 0.1) is 0 Å². The van der Waals surface area contributed by atoms with Crippen molar-refractivity contribution in [2.24, 2.45) is 5.92 Å². The minimum absolute atomic E-state index is 0.00231. The summed E-state index contributed by atoms with van der Waals surface area (Å²) in [5, 5.41) is 17.3. The molecule has 1 heterocycles. The van der Waals surface area contributed by atoms with Crippen molar-refractivity contribution >= 4 is 0 Å². The third kappa shape index (κ3) is 2.20. The van der Waals surface area contributed by atoms with Gasteiger partial charge in [-0.3, -0.25) is 0 Å². The van der Waals surface area contributed by atoms with Crippen LogP contribution in [0, 0.1) is 5.92 Å². The average molecular weight is 209 g/mol. The Hall–Kier alpha value is -0.900. The lowest BCUT2D eigenvalue weighted by atomic mass is 9.83. The third-order valence-corrected chi connectivity index (χ3v) is 3.19. The Morgan fingerprint density at radius 3 is 2.60 bits per heavy atom. The summed E-state index contributed by atoms with van der Waals surface area (Å²) in [7, 11) is 0. The van der Waals surface area contributed by atoms with Crippen LogP contribution in [0.2, 0.25) is 0 Å². The number of aliphatic hydroxyl groups excluding tert-OH is 1. The van der Waals surface area contributed by atoms with Gasteiger partial charge in [0.25, 0.3) is 0 Å². The smallest absolute Gasteiger partial charge is 0.158 e. The molecule has 1 aromatic rings. The molecule has 1 fully saturated rings. The van der Waals surface area contributed by atoms with Crippen molar-refractivity contribution in [3.63, 3.8) is 0 Å². The largest absolute Gasteiger partial charge is 0.388 e. The minimum atomic E-state index is -0.00231. The van der Waals surface area contributed by atoms with Gasteiger partial charge in [-0.05, 0) is 12.3 Å². The Balaban J connectivity index is 2.09. The summed E-state index contributed by atoms with van der Waals surface area (Å²) < 4.78 is 2.08. The molecule has 0 radical (unpaired) electrons. The van der Waals surface area contributed by atoms with Gasteiger partial charge in [-0.25, -0.2) is 0 Å². The Morgan fingerprint density at radius 1 is 1.33 bits per heavy atom. The molecule has 0 aromatic carbocycles. The quantitative estimate of drug-likeness (QED) is 0.800. The molecule has 4 heteroatoms. The molecule has 15 heavy (non-hydrogen) atoms. The van der Waals surface area contributed by atoms with Gasteiger partial charge in [0, 0.05) is 13.0 Å². The van der Waals surface area contributed by atoms with Gasteiger partial charge < -0.3 is 9.67 Å². The van der Waals surface area contributed by atoms with E-state index >= 15 is 0 Å². The van der Waals surface area contributed by atoms with Crippen LogP contribution < -0.4 is 0 Å². The topological polar surface area (TPSA) is 50.9 Å². The van der Waals surface area contributed by atoms with Crippen LogP contribution in [0.4, 0.5) is 0 Å². The van der Waals surface area contributed by atoms with Crippen molar-refractivity contribution in [2.45, 2.75) is 52.2 Å². The molecule has 0 aliphatic heterocycles. The third-order valence-electron chi connectivity index (χ3n) is 3.19. The molecule has 2 rings (SSSR count). The average Bonchev–Trinajstić information content (AvgIpc) is 2.55. The zero-order valence-corrected chi connectivity index (χ0v) is 9.32. The van der Waals surface area contributed by atoms with E-state index in [0.29, 0.717) is 5.82 Å². The standard InChI is InChI=1S/C11H19N3O/c1-2-6-14-10(7-9-4-3-5-9)12-13-11(14)8-15/h9,15H,2-8H2,1H3. The molecular formula is C11H19N3O. The van der Waals surface area contributed by atoms with Crippen molar-refractivity contribution in [2.75, 3.05) is 0 Å². The Bertz CT molecular complexity index is 318. The van der Waals surface area contributed by atoms with E-state index in [0.717, 1.165) is 31.1 Å². The number of hydrogen-bond acceptors (Lipinski definition) is 3. The van der Waals surface area contributed by atoms with Crippen LogP contribution in [-0.2, 0) is 19.6 Å². The fourth-order valence-corrected chi connectivity index (χ4v) is 2.08. The van der Waals surface area contributed by atoms with Crippen LogP contribution in [0.3, 0.4) is 0 Å². The summed E-state index contributed by atoms with van der Waals surface area (Å²) in [6.45, 7) is 3.05. The number of nitrogens with zero attached hydrogens (tertiary/aromatic N) is 3. The zero-order chi connectivity index (χ0) is 10.7. The molecule has 0 atom stereocenters. The lowest BCUT2D eigenvalue weighted by molar-refractivity contribution is 0.262. The van der Waals surface area contributed by atoms with Crippen molar-refractivity contribution in [1.29, 1.82) is 0 Å². The molecule has 1 N–H and O–H groups in total. The second kappa shape index (κ2) is 4.75. The first-order valence-electron chi connectivity index (χ1n) is 5.87. The van der Waals surface area contributed by atoms with E-state index in [1.54, 1.807) is 0 Å². The number of hydrogen-bond donors (Lipinski definition) is 1. The highest BCUT2D eigenvalue weighted by Crippen LogP contribution is 2.29. The van der Waals surface area contributed by atoms with Crippen LogP contribution >= 0.6 is 0 Å². The maximum Gasteiger partial charge on any atom is 0.158 e. The molecule has 84 valence electrons. The van der Waals surface area contributed by atoms with Crippen molar-refractivity contribution in [3.8, 4) is 0 Å². The molecule has 1 aliphatic rings. The first-order valence-corrected chi connectivity index (χ1v) is 5.87. The number of rotatable bonds is 5. The summed E-state index contributed by atoms with van der Waals surface area (Å²) in [5.74, 6) is 2.58. The van der Waals surface area contributed by atoms with Crippen molar-refractivity contribution in [3.05, 3.63) is 11.6 Å². The maximum atomic E-state index is 9.14. The van der Waals surface area contributed by atoms with E-state index in [1.807, 2.05) is 0 Å². The van der Waals surface area contributed by atoms with E-state index < -0.39 is 0 Å². The van der Waals surface area contributed by atoms with Crippen LogP contribution in [0.15, 0.2) is 0 Å². The second-order valence-corrected chi connectivity index (χ2v) is 4.34. The van der Waals surface area contributed by atoms with Gasteiger partial charge in [0.1, 0.15) is 12.4 Å². The highest BCUT2D eigenvalue weighted by atomic mass is 16.3. The van der Waals surface area contributed by atoms with Crippen LogP contribution in [0.5, 0.6) is 0 Å². The first kappa shape index (κ1) is 10.6. The molecule has 1 saturated carbocycles. The number of aliphatic hydroxyl groups is 1. The van der Waals surface area contributed by atoms with E-state index in [1.165, 1.54) is 19.3 Å². The molecule has 0 amide bonds. The molecule has 0 unspecified atom stereocenters. The highest BCUT2D eigenvalue weighted by Gasteiger charge is 2.21. The second-order valence-electron chi connectivity index (χ2n) is 4.34. The SMILES string of the molecule is CCCn1c(CO)nnc1CC1CCC1. The molecule has 0 bridgehead atoms. The van der Waals surface area contributed by atoms with E-state index in [4.69, 9.17) is 5.11 Å². The molecule has 0 saturated heterocycles. The first-order chi connectivity index (χ1) is 7.35. The Kier molecular flexibility index (Phi) is 3.36. The predicted molar refractivity (Wildman–Crippen MR) is 57.3 cm³/mol. The van der Waals surface area contributed by atoms with Crippen LogP contribution in [0.1, 0.15) is 44.3 Å². The van der Waals surface area contributed by atoms with Gasteiger partial charge in [0.2, 0.25) is 0 Å². The van der Waals surface area contributed by atoms with Crippen LogP contribution in [-0.4, -0.2) is 19.9 Å². The van der Waals surface area contributed by atoms with Crippen molar-refractivity contribution in [1.82, 2.24) is 14.8 Å². The molecule has 1 aromatic heterocycles. The predicted octanol–water partition coefficient (Wildman–Crippen LogP) is 1.52. The molecule has 4 nitrogen and oxygen atoms in total. The summed E-state index contributed by atoms with van der Waals surface area (Å²) in [6, 6.07) is 0. The van der Waals surface area contributed by atoms with Gasteiger partial charge in [-0.1, -0.05) is 26.2 Å². The highest BCUT2D eigenvalue weighted by molar-refractivity contribution is 4.97.